The van der Waals surface area contributed by atoms with Gasteiger partial charge in [0.25, 0.3) is 0 Å². The van der Waals surface area contributed by atoms with Crippen molar-refractivity contribution in [1.29, 1.82) is 0 Å². The summed E-state index contributed by atoms with van der Waals surface area (Å²) in [5.74, 6) is -0.191. The van der Waals surface area contributed by atoms with E-state index < -0.39 is 0 Å². The van der Waals surface area contributed by atoms with Gasteiger partial charge in [-0.05, 0) is 29.1 Å². The van der Waals surface area contributed by atoms with Gasteiger partial charge < -0.3 is 0 Å². The number of fused-ring (bicyclic) bond motifs is 1. The average molecular weight is 356 g/mol. The van der Waals surface area contributed by atoms with Crippen LogP contribution < -0.4 is 0 Å². The molecule has 1 heterocycles. The Kier molecular flexibility index (Phi) is 3.61. The molecule has 0 amide bonds. The van der Waals surface area contributed by atoms with Gasteiger partial charge in [-0.2, -0.15) is 0 Å². The average Bonchev–Trinajstić information content (AvgIpc) is 2.86. The van der Waals surface area contributed by atoms with E-state index in [2.05, 4.69) is 15.9 Å². The molecule has 0 N–H and O–H groups in total. The highest BCUT2D eigenvalue weighted by atomic mass is 79.9. The quantitative estimate of drug-likeness (QED) is 0.482. The summed E-state index contributed by atoms with van der Waals surface area (Å²) in [6, 6.07) is 14.7. The van der Waals surface area contributed by atoms with Crippen molar-refractivity contribution in [2.45, 2.75) is 4.83 Å². The molecule has 0 spiro atoms. The molecular weight excluding hydrogens is 347 g/mol. The minimum absolute atomic E-state index is 0.0236. The Balaban J connectivity index is 2.18. The molecule has 0 aliphatic rings. The van der Waals surface area contributed by atoms with Gasteiger partial charge in [-0.3, -0.25) is 0 Å². The van der Waals surface area contributed by atoms with Crippen molar-refractivity contribution >= 4 is 49.6 Å². The Morgan fingerprint density at radius 3 is 2.42 bits per heavy atom. The normalized spacial score (nSPS) is 12.8. The zero-order valence-electron chi connectivity index (χ0n) is 9.74. The lowest BCUT2D eigenvalue weighted by molar-refractivity contribution is 0.639. The van der Waals surface area contributed by atoms with Crippen LogP contribution in [0.3, 0.4) is 0 Å². The van der Waals surface area contributed by atoms with E-state index in [0.717, 1.165) is 20.2 Å². The van der Waals surface area contributed by atoms with Crippen molar-refractivity contribution in [3.05, 3.63) is 69.1 Å². The Bertz CT molecular complexity index is 738. The first kappa shape index (κ1) is 13.1. The van der Waals surface area contributed by atoms with E-state index in [-0.39, 0.29) is 10.6 Å². The summed E-state index contributed by atoms with van der Waals surface area (Å²) >= 11 is 11.2. The van der Waals surface area contributed by atoms with E-state index in [1.807, 2.05) is 36.4 Å². The lowest BCUT2D eigenvalue weighted by Gasteiger charge is -2.12. The number of alkyl halides is 1. The van der Waals surface area contributed by atoms with Crippen LogP contribution in [0.5, 0.6) is 0 Å². The molecule has 0 radical (unpaired) electrons. The maximum Gasteiger partial charge on any atom is 0.131 e. The first-order chi connectivity index (χ1) is 9.16. The summed E-state index contributed by atoms with van der Waals surface area (Å²) in [5.41, 5.74) is 1.05. The summed E-state index contributed by atoms with van der Waals surface area (Å²) in [5, 5.41) is 1.57. The fraction of sp³-hybridized carbons (Fsp3) is 0.0667. The van der Waals surface area contributed by atoms with Gasteiger partial charge in [0, 0.05) is 10.3 Å². The Morgan fingerprint density at radius 1 is 1.00 bits per heavy atom. The molecule has 19 heavy (non-hydrogen) atoms. The summed E-state index contributed by atoms with van der Waals surface area (Å²) < 4.78 is 14.6. The molecular formula is C15H9BrClFS. The first-order valence-electron chi connectivity index (χ1n) is 5.73. The van der Waals surface area contributed by atoms with Gasteiger partial charge in [0.2, 0.25) is 0 Å². The van der Waals surface area contributed by atoms with Crippen LogP contribution >= 0.6 is 38.9 Å². The second-order valence-electron chi connectivity index (χ2n) is 4.19. The maximum absolute atomic E-state index is 13.8. The van der Waals surface area contributed by atoms with Crippen molar-refractivity contribution < 1.29 is 4.39 Å². The van der Waals surface area contributed by atoms with Crippen LogP contribution in [0.2, 0.25) is 4.34 Å². The monoisotopic (exact) mass is 354 g/mol. The molecule has 0 saturated heterocycles. The minimum atomic E-state index is -0.191. The molecule has 0 saturated carbocycles. The third-order valence-electron chi connectivity index (χ3n) is 3.02. The van der Waals surface area contributed by atoms with Crippen LogP contribution in [0.1, 0.15) is 15.3 Å². The van der Waals surface area contributed by atoms with Gasteiger partial charge in [0.1, 0.15) is 5.82 Å². The maximum atomic E-state index is 13.8. The molecule has 1 unspecified atom stereocenters. The van der Waals surface area contributed by atoms with Gasteiger partial charge in [0.15, 0.2) is 0 Å². The number of benzene rings is 2. The fourth-order valence-corrected chi connectivity index (χ4v) is 4.01. The Morgan fingerprint density at radius 2 is 1.74 bits per heavy atom. The molecule has 0 nitrogen and oxygen atoms in total. The first-order valence-corrected chi connectivity index (χ1v) is 7.84. The molecule has 0 fully saturated rings. The fourth-order valence-electron chi connectivity index (χ4n) is 2.12. The zero-order chi connectivity index (χ0) is 13.4. The van der Waals surface area contributed by atoms with Gasteiger partial charge in [-0.25, -0.2) is 4.39 Å². The Hall–Kier alpha value is -0.900. The molecule has 0 bridgehead atoms. The molecule has 0 aliphatic carbocycles. The zero-order valence-corrected chi connectivity index (χ0v) is 12.9. The van der Waals surface area contributed by atoms with Crippen LogP contribution in [0, 0.1) is 5.82 Å². The lowest BCUT2D eigenvalue weighted by Crippen LogP contribution is -1.93. The molecule has 1 atom stereocenters. The van der Waals surface area contributed by atoms with Gasteiger partial charge in [-0.1, -0.05) is 57.9 Å². The minimum Gasteiger partial charge on any atom is -0.206 e. The van der Waals surface area contributed by atoms with E-state index in [0.29, 0.717) is 5.39 Å². The summed E-state index contributed by atoms with van der Waals surface area (Å²) in [6.45, 7) is 0. The Labute approximate surface area is 128 Å². The van der Waals surface area contributed by atoms with E-state index in [1.165, 1.54) is 17.4 Å². The van der Waals surface area contributed by atoms with E-state index >= 15 is 0 Å². The van der Waals surface area contributed by atoms with E-state index in [4.69, 9.17) is 11.6 Å². The molecule has 4 heteroatoms. The third-order valence-corrected chi connectivity index (χ3v) is 5.61. The van der Waals surface area contributed by atoms with Crippen molar-refractivity contribution in [2.75, 3.05) is 0 Å². The van der Waals surface area contributed by atoms with Crippen molar-refractivity contribution in [3.63, 3.8) is 0 Å². The second-order valence-corrected chi connectivity index (χ2v) is 6.85. The molecule has 1 aromatic heterocycles. The predicted octanol–water partition coefficient (Wildman–Crippen LogP) is 6.18. The number of rotatable bonds is 2. The third kappa shape index (κ3) is 2.42. The highest BCUT2D eigenvalue weighted by molar-refractivity contribution is 9.09. The number of thiophene rings is 1. The van der Waals surface area contributed by atoms with E-state index in [1.54, 1.807) is 6.07 Å². The lowest BCUT2D eigenvalue weighted by atomic mass is 10.0. The summed E-state index contributed by atoms with van der Waals surface area (Å²) in [4.78, 5) is 1.14. The smallest absolute Gasteiger partial charge is 0.131 e. The van der Waals surface area contributed by atoms with Crippen LogP contribution in [0.25, 0.3) is 10.8 Å². The predicted molar refractivity (Wildman–Crippen MR) is 84.0 cm³/mol. The van der Waals surface area contributed by atoms with Crippen LogP contribution in [-0.4, -0.2) is 0 Å². The molecule has 3 aromatic rings. The van der Waals surface area contributed by atoms with Gasteiger partial charge in [0.05, 0.1) is 9.16 Å². The van der Waals surface area contributed by atoms with Gasteiger partial charge >= 0.3 is 0 Å². The van der Waals surface area contributed by atoms with Crippen molar-refractivity contribution in [2.24, 2.45) is 0 Å². The number of hydrogen-bond acceptors (Lipinski definition) is 1. The number of hydrogen-bond donors (Lipinski definition) is 0. The molecule has 96 valence electrons. The highest BCUT2D eigenvalue weighted by Gasteiger charge is 2.16. The molecule has 3 rings (SSSR count). The number of halogens is 3. The summed E-state index contributed by atoms with van der Waals surface area (Å²) in [7, 11) is 0. The molecule has 2 aromatic carbocycles. The van der Waals surface area contributed by atoms with Crippen molar-refractivity contribution in [3.8, 4) is 0 Å². The summed E-state index contributed by atoms with van der Waals surface area (Å²) in [6.07, 6.45) is 0. The highest BCUT2D eigenvalue weighted by Crippen LogP contribution is 2.40. The standard InChI is InChI=1S/C15H9BrClFS/c16-15(13-7-8-14(17)19-13)11-5-6-12(18)10-4-2-1-3-9(10)11/h1-8,15H. The largest absolute Gasteiger partial charge is 0.206 e. The van der Waals surface area contributed by atoms with Gasteiger partial charge in [-0.15, -0.1) is 11.3 Å². The van der Waals surface area contributed by atoms with Crippen LogP contribution in [0.15, 0.2) is 48.5 Å². The van der Waals surface area contributed by atoms with E-state index in [9.17, 15) is 4.39 Å². The SMILES string of the molecule is Fc1ccc(C(Br)c2ccc(Cl)s2)c2ccccc12. The van der Waals surface area contributed by atoms with Crippen LogP contribution in [-0.2, 0) is 0 Å². The van der Waals surface area contributed by atoms with Crippen molar-refractivity contribution in [1.82, 2.24) is 0 Å². The van der Waals surface area contributed by atoms with Crippen LogP contribution in [0.4, 0.5) is 4.39 Å². The molecule has 0 aliphatic heterocycles. The second kappa shape index (κ2) is 5.23. The topological polar surface area (TPSA) is 0 Å².